The van der Waals surface area contributed by atoms with Gasteiger partial charge in [-0.3, -0.25) is 4.79 Å². The second kappa shape index (κ2) is 7.86. The first kappa shape index (κ1) is 18.4. The van der Waals surface area contributed by atoms with E-state index in [9.17, 15) is 4.79 Å². The highest BCUT2D eigenvalue weighted by Gasteiger charge is 2.18. The second-order valence-corrected chi connectivity index (χ2v) is 6.73. The number of hydrogen-bond acceptors (Lipinski definition) is 5. The quantitative estimate of drug-likeness (QED) is 0.767. The molecule has 0 radical (unpaired) electrons. The Morgan fingerprint density at radius 1 is 1.42 bits per heavy atom. The molecule has 1 aliphatic heterocycles. The van der Waals surface area contributed by atoms with Crippen molar-refractivity contribution in [2.75, 3.05) is 26.7 Å². The van der Waals surface area contributed by atoms with Crippen LogP contribution in [0.1, 0.15) is 29.7 Å². The van der Waals surface area contributed by atoms with Gasteiger partial charge in [0, 0.05) is 32.3 Å². The van der Waals surface area contributed by atoms with Crippen molar-refractivity contribution in [1.29, 1.82) is 0 Å². The van der Waals surface area contributed by atoms with Crippen LogP contribution in [0.4, 0.5) is 0 Å². The van der Waals surface area contributed by atoms with E-state index in [0.29, 0.717) is 25.3 Å². The summed E-state index contributed by atoms with van der Waals surface area (Å²) in [6, 6.07) is 0. The van der Waals surface area contributed by atoms with E-state index in [1.807, 2.05) is 20.9 Å². The minimum absolute atomic E-state index is 0.0708. The Labute approximate surface area is 153 Å². The Hall–Kier alpha value is -2.41. The lowest BCUT2D eigenvalue weighted by Crippen LogP contribution is -2.29. The highest BCUT2D eigenvalue weighted by molar-refractivity contribution is 5.86. The Balaban J connectivity index is 1.70. The van der Waals surface area contributed by atoms with Crippen molar-refractivity contribution in [3.63, 3.8) is 0 Å². The fourth-order valence-corrected chi connectivity index (χ4v) is 3.48. The molecule has 7 nitrogen and oxygen atoms in total. The molecule has 0 aliphatic carbocycles. The third-order valence-electron chi connectivity index (χ3n) is 4.99. The highest BCUT2D eigenvalue weighted by Crippen LogP contribution is 2.30. The molecule has 0 fully saturated rings. The molecule has 0 atom stereocenters. The van der Waals surface area contributed by atoms with Gasteiger partial charge in [-0.1, -0.05) is 11.6 Å². The molecule has 0 saturated carbocycles. The summed E-state index contributed by atoms with van der Waals surface area (Å²) >= 11 is 0. The summed E-state index contributed by atoms with van der Waals surface area (Å²) in [4.78, 5) is 16.9. The molecular formula is C19H27N5O2. The van der Waals surface area contributed by atoms with Crippen LogP contribution in [0.25, 0.3) is 11.0 Å². The number of fused-ring (bicyclic) bond motifs is 1. The van der Waals surface area contributed by atoms with Crippen molar-refractivity contribution in [3.8, 4) is 5.88 Å². The lowest BCUT2D eigenvalue weighted by molar-refractivity contribution is -0.120. The first-order valence-corrected chi connectivity index (χ1v) is 9.03. The zero-order chi connectivity index (χ0) is 18.7. The number of pyridine rings is 1. The van der Waals surface area contributed by atoms with Gasteiger partial charge in [0.05, 0.1) is 12.5 Å². The lowest BCUT2D eigenvalue weighted by Gasteiger charge is -2.15. The van der Waals surface area contributed by atoms with E-state index in [2.05, 4.69) is 26.8 Å². The third-order valence-corrected chi connectivity index (χ3v) is 4.99. The summed E-state index contributed by atoms with van der Waals surface area (Å²) in [5.41, 5.74) is 5.23. The Kier molecular flexibility index (Phi) is 5.56. The van der Waals surface area contributed by atoms with E-state index in [0.717, 1.165) is 47.4 Å². The van der Waals surface area contributed by atoms with Gasteiger partial charge < -0.3 is 15.4 Å². The zero-order valence-corrected chi connectivity index (χ0v) is 16.0. The number of methoxy groups -OCH3 is 1. The van der Waals surface area contributed by atoms with Crippen LogP contribution in [-0.2, 0) is 18.3 Å². The Morgan fingerprint density at radius 3 is 2.92 bits per heavy atom. The van der Waals surface area contributed by atoms with Gasteiger partial charge in [-0.15, -0.1) is 5.10 Å². The van der Waals surface area contributed by atoms with Crippen molar-refractivity contribution in [1.82, 2.24) is 25.4 Å². The molecule has 1 amide bonds. The number of aryl methyl sites for hydroxylation is 3. The maximum absolute atomic E-state index is 12.3. The fourth-order valence-electron chi connectivity index (χ4n) is 3.48. The molecule has 2 aromatic heterocycles. The van der Waals surface area contributed by atoms with Gasteiger partial charge in [0.25, 0.3) is 0 Å². The molecule has 0 saturated heterocycles. The Morgan fingerprint density at radius 2 is 2.23 bits per heavy atom. The molecule has 0 spiro atoms. The van der Waals surface area contributed by atoms with E-state index >= 15 is 0 Å². The lowest BCUT2D eigenvalue weighted by atomic mass is 10.00. The van der Waals surface area contributed by atoms with Crippen LogP contribution in [0.15, 0.2) is 11.6 Å². The van der Waals surface area contributed by atoms with E-state index in [-0.39, 0.29) is 5.91 Å². The summed E-state index contributed by atoms with van der Waals surface area (Å²) in [6.45, 7) is 6.56. The van der Waals surface area contributed by atoms with Gasteiger partial charge in [0.1, 0.15) is 0 Å². The number of amides is 1. The van der Waals surface area contributed by atoms with Gasteiger partial charge in [0.15, 0.2) is 5.65 Å². The Bertz CT molecular complexity index is 853. The predicted molar refractivity (Wildman–Crippen MR) is 101 cm³/mol. The highest BCUT2D eigenvalue weighted by atomic mass is 16.5. The number of carbonyl (C=O) groups excluding carboxylic acids is 1. The molecule has 26 heavy (non-hydrogen) atoms. The molecule has 2 N–H and O–H groups in total. The number of ether oxygens (including phenoxy) is 1. The van der Waals surface area contributed by atoms with E-state index in [1.54, 1.807) is 11.8 Å². The average molecular weight is 357 g/mol. The van der Waals surface area contributed by atoms with Crippen molar-refractivity contribution in [2.24, 2.45) is 7.05 Å². The van der Waals surface area contributed by atoms with Crippen molar-refractivity contribution < 1.29 is 9.53 Å². The van der Waals surface area contributed by atoms with Gasteiger partial charge in [-0.25, -0.2) is 9.67 Å². The maximum Gasteiger partial charge on any atom is 0.242 e. The van der Waals surface area contributed by atoms with Gasteiger partial charge >= 0.3 is 0 Å². The largest absolute Gasteiger partial charge is 0.479 e. The summed E-state index contributed by atoms with van der Waals surface area (Å²) < 4.78 is 7.13. The first-order chi connectivity index (χ1) is 12.5. The number of nitrogens with zero attached hydrogens (tertiary/aromatic N) is 3. The molecule has 0 aromatic carbocycles. The average Bonchev–Trinajstić information content (AvgIpc) is 2.96. The molecule has 1 aliphatic rings. The number of carbonyl (C=O) groups is 1. The number of rotatable bonds is 6. The molecule has 0 unspecified atom stereocenters. The predicted octanol–water partition coefficient (Wildman–Crippen LogP) is 1.56. The van der Waals surface area contributed by atoms with Gasteiger partial charge in [-0.2, -0.15) is 0 Å². The maximum atomic E-state index is 12.3. The topological polar surface area (TPSA) is 81.1 Å². The summed E-state index contributed by atoms with van der Waals surface area (Å²) in [6.07, 6.45) is 4.26. The summed E-state index contributed by atoms with van der Waals surface area (Å²) in [5.74, 6) is 0.650. The smallest absolute Gasteiger partial charge is 0.242 e. The zero-order valence-electron chi connectivity index (χ0n) is 16.0. The van der Waals surface area contributed by atoms with Crippen LogP contribution in [0.5, 0.6) is 5.88 Å². The van der Waals surface area contributed by atoms with E-state index < -0.39 is 0 Å². The summed E-state index contributed by atoms with van der Waals surface area (Å²) in [5, 5.41) is 11.6. The van der Waals surface area contributed by atoms with Crippen LogP contribution in [0.2, 0.25) is 0 Å². The number of nitrogens with one attached hydrogen (secondary N) is 2. The molecule has 0 bridgehead atoms. The molecule has 3 rings (SSSR count). The molecule has 7 heteroatoms. The van der Waals surface area contributed by atoms with Crippen LogP contribution in [-0.4, -0.2) is 47.4 Å². The minimum atomic E-state index is 0.0708. The monoisotopic (exact) mass is 357 g/mol. The standard InChI is InChI=1S/C19H27N5O2/c1-12-15(5-6-16(25)21-11-14-7-9-20-10-8-14)13(2)22-18-17(12)19(26-4)23-24(18)3/h7,20H,5-6,8-11H2,1-4H3,(H,21,25). The van der Waals surface area contributed by atoms with Gasteiger partial charge in [-0.05, 0) is 44.4 Å². The molecule has 140 valence electrons. The normalized spacial score (nSPS) is 14.4. The van der Waals surface area contributed by atoms with Crippen LogP contribution >= 0.6 is 0 Å². The third kappa shape index (κ3) is 3.72. The number of hydrogen-bond donors (Lipinski definition) is 2. The summed E-state index contributed by atoms with van der Waals surface area (Å²) in [7, 11) is 3.48. The molecular weight excluding hydrogens is 330 g/mol. The molecule has 2 aromatic rings. The second-order valence-electron chi connectivity index (χ2n) is 6.73. The minimum Gasteiger partial charge on any atom is -0.479 e. The fraction of sp³-hybridized carbons (Fsp3) is 0.526. The van der Waals surface area contributed by atoms with Crippen LogP contribution < -0.4 is 15.4 Å². The first-order valence-electron chi connectivity index (χ1n) is 9.03. The van der Waals surface area contributed by atoms with Crippen LogP contribution in [0, 0.1) is 13.8 Å². The van der Waals surface area contributed by atoms with Crippen molar-refractivity contribution >= 4 is 16.9 Å². The van der Waals surface area contributed by atoms with Crippen LogP contribution in [0.3, 0.4) is 0 Å². The van der Waals surface area contributed by atoms with Gasteiger partial charge in [0.2, 0.25) is 11.8 Å². The number of aromatic nitrogens is 3. The van der Waals surface area contributed by atoms with Crippen molar-refractivity contribution in [3.05, 3.63) is 28.5 Å². The van der Waals surface area contributed by atoms with E-state index in [4.69, 9.17) is 4.74 Å². The van der Waals surface area contributed by atoms with Crippen molar-refractivity contribution in [2.45, 2.75) is 33.1 Å². The SMILES string of the molecule is COc1nn(C)c2nc(C)c(CCC(=O)NCC3=CCNCC3)c(C)c12. The molecule has 3 heterocycles. The van der Waals surface area contributed by atoms with E-state index in [1.165, 1.54) is 5.57 Å².